The van der Waals surface area contributed by atoms with Crippen LogP contribution in [0.1, 0.15) is 13.8 Å². The molecule has 4 rings (SSSR count). The van der Waals surface area contributed by atoms with Gasteiger partial charge in [0.1, 0.15) is 0 Å². The monoisotopic (exact) mass is 450 g/mol. The number of carboxylic acid groups (broad SMARTS) is 2. The van der Waals surface area contributed by atoms with Gasteiger partial charge in [-0.1, -0.05) is 9.97 Å². The number of H-pyrrole nitrogens is 4. The summed E-state index contributed by atoms with van der Waals surface area (Å²) in [6.07, 6.45) is 3.40. The van der Waals surface area contributed by atoms with Gasteiger partial charge >= 0.3 is 11.3 Å². The van der Waals surface area contributed by atoms with Crippen molar-refractivity contribution in [2.75, 3.05) is 11.5 Å². The van der Waals surface area contributed by atoms with Crippen molar-refractivity contribution in [2.24, 2.45) is 0 Å². The van der Waals surface area contributed by atoms with Crippen molar-refractivity contribution >= 4 is 47.2 Å². The molecule has 0 atom stereocenters. The summed E-state index contributed by atoms with van der Waals surface area (Å²) in [5.41, 5.74) is 12.4. The average Bonchev–Trinajstić information content (AvgIpc) is 3.33. The first-order valence-corrected chi connectivity index (χ1v) is 8.91. The van der Waals surface area contributed by atoms with Crippen molar-refractivity contribution in [3.05, 3.63) is 33.4 Å². The summed E-state index contributed by atoms with van der Waals surface area (Å²) in [6, 6.07) is 0. The van der Waals surface area contributed by atoms with Crippen LogP contribution >= 0.6 is 0 Å². The van der Waals surface area contributed by atoms with E-state index in [0.717, 1.165) is 13.1 Å². The molecule has 0 aromatic carbocycles. The summed E-state index contributed by atoms with van der Waals surface area (Å²) < 4.78 is 3.64. The van der Waals surface area contributed by atoms with Crippen molar-refractivity contribution in [1.29, 1.82) is 0 Å². The molecule has 0 aliphatic rings. The summed E-state index contributed by atoms with van der Waals surface area (Å²) in [5.74, 6) is 0.276. The fourth-order valence-corrected chi connectivity index (χ4v) is 2.52. The molecule has 8 N–H and O–H groups in total. The van der Waals surface area contributed by atoms with Gasteiger partial charge in [0.2, 0.25) is 11.0 Å². The molecule has 172 valence electrons. The van der Waals surface area contributed by atoms with Crippen LogP contribution in [-0.2, 0) is 22.7 Å². The van der Waals surface area contributed by atoms with Crippen LogP contribution in [0.15, 0.2) is 22.2 Å². The number of aromatic nitrogens is 8. The number of hydrogen-bond donors (Lipinski definition) is 6. The molecule has 0 aliphatic carbocycles. The minimum absolute atomic E-state index is 0.138. The SMILES string of the molecule is CC[n+]1c[nH]c2c(=O)[nH]c(N)nc21.CC[n+]1c[nH]c2c(=O)[nH]c(N)nc21.O=C[O-].O=C[O-]. The molecular formula is C16H22N10O6. The number of hydrogen-bond acceptors (Lipinski definition) is 10. The van der Waals surface area contributed by atoms with E-state index in [2.05, 4.69) is 29.9 Å². The summed E-state index contributed by atoms with van der Waals surface area (Å²) in [5, 5.41) is 16.5. The number of nitrogen functional groups attached to an aromatic ring is 2. The number of rotatable bonds is 2. The second kappa shape index (κ2) is 12.1. The van der Waals surface area contributed by atoms with Crippen LogP contribution in [0.25, 0.3) is 22.3 Å². The largest absolute Gasteiger partial charge is 0.554 e. The lowest BCUT2D eigenvalue weighted by Gasteiger charge is -1.89. The Morgan fingerprint density at radius 3 is 1.44 bits per heavy atom. The van der Waals surface area contributed by atoms with Crippen LogP contribution in [0.3, 0.4) is 0 Å². The quantitative estimate of drug-likeness (QED) is 0.125. The Morgan fingerprint density at radius 2 is 1.16 bits per heavy atom. The number of carbonyl (C=O) groups is 2. The maximum atomic E-state index is 11.3. The number of aromatic amines is 4. The lowest BCUT2D eigenvalue weighted by Crippen LogP contribution is -2.31. The molecular weight excluding hydrogens is 428 g/mol. The predicted molar refractivity (Wildman–Crippen MR) is 106 cm³/mol. The van der Waals surface area contributed by atoms with E-state index in [0.29, 0.717) is 22.3 Å². The Labute approximate surface area is 178 Å². The number of nitrogens with one attached hydrogen (secondary N) is 4. The normalized spacial score (nSPS) is 9.56. The molecule has 0 spiro atoms. The molecule has 16 heteroatoms. The minimum Gasteiger partial charge on any atom is -0.554 e. The second-order valence-corrected chi connectivity index (χ2v) is 5.61. The smallest absolute Gasteiger partial charge is 0.311 e. The summed E-state index contributed by atoms with van der Waals surface area (Å²) in [4.78, 5) is 57.7. The first-order chi connectivity index (χ1) is 15.3. The maximum absolute atomic E-state index is 11.3. The highest BCUT2D eigenvalue weighted by molar-refractivity contribution is 5.66. The van der Waals surface area contributed by atoms with Gasteiger partial charge < -0.3 is 31.3 Å². The number of nitrogens with zero attached hydrogens (tertiary/aromatic N) is 4. The molecule has 0 saturated carbocycles. The zero-order valence-corrected chi connectivity index (χ0v) is 17.1. The second-order valence-electron chi connectivity index (χ2n) is 5.61. The van der Waals surface area contributed by atoms with E-state index < -0.39 is 12.9 Å². The Kier molecular flexibility index (Phi) is 9.52. The number of nitrogens with two attached hydrogens (primary N) is 2. The van der Waals surface area contributed by atoms with Crippen LogP contribution in [-0.4, -0.2) is 42.8 Å². The highest BCUT2D eigenvalue weighted by Gasteiger charge is 2.15. The van der Waals surface area contributed by atoms with Gasteiger partial charge in [-0.05, 0) is 13.8 Å². The van der Waals surface area contributed by atoms with Gasteiger partial charge in [0.25, 0.3) is 23.0 Å². The minimum atomic E-state index is -0.500. The zero-order valence-electron chi connectivity index (χ0n) is 17.1. The lowest BCUT2D eigenvalue weighted by atomic mass is 10.5. The third kappa shape index (κ3) is 6.12. The van der Waals surface area contributed by atoms with E-state index >= 15 is 0 Å². The van der Waals surface area contributed by atoms with Crippen LogP contribution in [0.5, 0.6) is 0 Å². The van der Waals surface area contributed by atoms with E-state index in [-0.39, 0.29) is 23.0 Å². The number of anilines is 2. The fraction of sp³-hybridized carbons (Fsp3) is 0.250. The number of aryl methyl sites for hydroxylation is 2. The van der Waals surface area contributed by atoms with Crippen molar-refractivity contribution in [3.8, 4) is 0 Å². The first-order valence-electron chi connectivity index (χ1n) is 8.91. The van der Waals surface area contributed by atoms with Gasteiger partial charge in [0, 0.05) is 12.9 Å². The maximum Gasteiger partial charge on any atom is 0.311 e. The summed E-state index contributed by atoms with van der Waals surface area (Å²) in [7, 11) is 0. The molecule has 4 heterocycles. The van der Waals surface area contributed by atoms with Crippen molar-refractivity contribution in [1.82, 2.24) is 29.9 Å². The molecule has 0 saturated heterocycles. The van der Waals surface area contributed by atoms with Gasteiger partial charge in [-0.3, -0.25) is 29.5 Å². The average molecular weight is 450 g/mol. The molecule has 0 aliphatic heterocycles. The van der Waals surface area contributed by atoms with Gasteiger partial charge in [0.15, 0.2) is 12.7 Å². The van der Waals surface area contributed by atoms with E-state index in [1.807, 2.05) is 23.0 Å². The molecule has 4 aromatic heterocycles. The molecule has 0 fully saturated rings. The standard InChI is InChI=1S/2C7H9N5O.2CH2O2/c2*1-2-12-3-9-4-5(12)10-7(8)11-6(4)13;2*2-1-3/h2*3H,2H2,1H3,(H3,8,10,11,13);2*1H,(H,2,3). The van der Waals surface area contributed by atoms with Crippen molar-refractivity contribution < 1.29 is 28.9 Å². The van der Waals surface area contributed by atoms with Gasteiger partial charge in [-0.25, -0.2) is 9.13 Å². The molecule has 32 heavy (non-hydrogen) atoms. The highest BCUT2D eigenvalue weighted by atomic mass is 16.3. The lowest BCUT2D eigenvalue weighted by molar-refractivity contribution is -0.669. The number of carbonyl (C=O) groups excluding carboxylic acids is 2. The Hall–Kier alpha value is -4.76. The van der Waals surface area contributed by atoms with E-state index in [4.69, 9.17) is 31.3 Å². The fourth-order valence-electron chi connectivity index (χ4n) is 2.52. The Bertz CT molecular complexity index is 1190. The molecule has 0 radical (unpaired) electrons. The summed E-state index contributed by atoms with van der Waals surface area (Å²) in [6.45, 7) is 4.42. The molecule has 0 bridgehead atoms. The molecule has 0 unspecified atom stereocenters. The van der Waals surface area contributed by atoms with E-state index in [9.17, 15) is 9.59 Å². The van der Waals surface area contributed by atoms with Gasteiger partial charge in [-0.2, -0.15) is 0 Å². The molecule has 4 aromatic rings. The van der Waals surface area contributed by atoms with Crippen LogP contribution < -0.4 is 41.9 Å². The van der Waals surface area contributed by atoms with Crippen molar-refractivity contribution in [2.45, 2.75) is 26.9 Å². The van der Waals surface area contributed by atoms with E-state index in [1.54, 1.807) is 12.7 Å². The topological polar surface area (TPSA) is 263 Å². The third-order valence-corrected chi connectivity index (χ3v) is 3.79. The van der Waals surface area contributed by atoms with E-state index in [1.165, 1.54) is 0 Å². The third-order valence-electron chi connectivity index (χ3n) is 3.79. The van der Waals surface area contributed by atoms with Crippen LogP contribution in [0.4, 0.5) is 11.9 Å². The van der Waals surface area contributed by atoms with Crippen LogP contribution in [0, 0.1) is 0 Å². The Balaban J connectivity index is 0.000000258. The number of imidazole rings is 2. The first kappa shape index (κ1) is 25.3. The van der Waals surface area contributed by atoms with Gasteiger partial charge in [0.05, 0.1) is 13.1 Å². The van der Waals surface area contributed by atoms with Crippen molar-refractivity contribution in [3.63, 3.8) is 0 Å². The molecule has 16 nitrogen and oxygen atoms in total. The Morgan fingerprint density at radius 1 is 0.844 bits per heavy atom. The zero-order chi connectivity index (χ0) is 24.3. The summed E-state index contributed by atoms with van der Waals surface area (Å²) >= 11 is 0. The van der Waals surface area contributed by atoms with Crippen LogP contribution in [0.2, 0.25) is 0 Å². The van der Waals surface area contributed by atoms with Gasteiger partial charge in [-0.15, -0.1) is 0 Å². The highest BCUT2D eigenvalue weighted by Crippen LogP contribution is 1.98. The molecule has 0 amide bonds. The predicted octanol–water partition coefficient (Wildman–Crippen LogP) is -4.99. The number of fused-ring (bicyclic) bond motifs is 2.